The van der Waals surface area contributed by atoms with Gasteiger partial charge >= 0.3 is 12.1 Å². The highest BCUT2D eigenvalue weighted by molar-refractivity contribution is 7.17. The molecule has 4 heterocycles. The monoisotopic (exact) mass is 554 g/mol. The van der Waals surface area contributed by atoms with E-state index in [2.05, 4.69) is 15.4 Å². The molecule has 4 aromatic rings. The molecule has 0 saturated heterocycles. The Morgan fingerprint density at radius 2 is 2.00 bits per heavy atom. The summed E-state index contributed by atoms with van der Waals surface area (Å²) >= 11 is 8.85. The van der Waals surface area contributed by atoms with Gasteiger partial charge in [0.05, 0.1) is 23.2 Å². The molecule has 5 rings (SSSR count). The first-order valence-corrected chi connectivity index (χ1v) is 13.0. The molecular weight excluding hydrogens is 537 g/mol. The molecule has 0 fully saturated rings. The topological polar surface area (TPSA) is 85.6 Å². The second-order valence-corrected chi connectivity index (χ2v) is 10.5. The predicted octanol–water partition coefficient (Wildman–Crippen LogP) is 6.50. The molecule has 7 nitrogen and oxygen atoms in total. The fourth-order valence-electron chi connectivity index (χ4n) is 4.20. The van der Waals surface area contributed by atoms with Gasteiger partial charge in [-0.05, 0) is 48.8 Å². The Hall–Kier alpha value is -2.96. The number of aryl methyl sites for hydroxylation is 1. The van der Waals surface area contributed by atoms with Crippen molar-refractivity contribution in [3.05, 3.63) is 56.0 Å². The van der Waals surface area contributed by atoms with Gasteiger partial charge in [0.15, 0.2) is 17.0 Å². The molecule has 0 saturated carbocycles. The van der Waals surface area contributed by atoms with E-state index in [0.717, 1.165) is 42.2 Å². The summed E-state index contributed by atoms with van der Waals surface area (Å²) in [6, 6.07) is 4.20. The number of alkyl halides is 3. The summed E-state index contributed by atoms with van der Waals surface area (Å²) < 4.78 is 47.2. The number of methoxy groups -OCH3 is 1. The minimum Gasteiger partial charge on any atom is -0.465 e. The zero-order valence-electron chi connectivity index (χ0n) is 18.7. The molecule has 1 N–H and O–H groups in total. The molecule has 0 aliphatic heterocycles. The van der Waals surface area contributed by atoms with Gasteiger partial charge in [0, 0.05) is 4.88 Å². The lowest BCUT2D eigenvalue weighted by atomic mass is 10.1. The number of anilines is 1. The summed E-state index contributed by atoms with van der Waals surface area (Å²) in [5, 5.41) is 8.15. The summed E-state index contributed by atoms with van der Waals surface area (Å²) in [6.45, 7) is 0. The lowest BCUT2D eigenvalue weighted by Gasteiger charge is -2.10. The van der Waals surface area contributed by atoms with Crippen molar-refractivity contribution >= 4 is 56.8 Å². The number of rotatable bonds is 4. The third-order valence-corrected chi connectivity index (χ3v) is 8.30. The van der Waals surface area contributed by atoms with Crippen LogP contribution in [-0.2, 0) is 23.8 Å². The van der Waals surface area contributed by atoms with Gasteiger partial charge in [-0.3, -0.25) is 4.79 Å². The highest BCUT2D eigenvalue weighted by atomic mass is 35.5. The predicted molar refractivity (Wildman–Crippen MR) is 131 cm³/mol. The first kappa shape index (κ1) is 24.7. The Balaban J connectivity index is 1.59. The molecule has 13 heteroatoms. The van der Waals surface area contributed by atoms with E-state index in [1.54, 1.807) is 17.5 Å². The molecule has 4 aromatic heterocycles. The number of hydrogen-bond acceptors (Lipinski definition) is 7. The normalized spacial score (nSPS) is 13.9. The lowest BCUT2D eigenvalue weighted by Crippen LogP contribution is -2.17. The van der Waals surface area contributed by atoms with Crippen LogP contribution in [0.4, 0.5) is 18.2 Å². The molecule has 188 valence electrons. The fourth-order valence-corrected chi connectivity index (χ4v) is 6.40. The van der Waals surface area contributed by atoms with Gasteiger partial charge < -0.3 is 10.1 Å². The molecule has 0 bridgehead atoms. The average Bonchev–Trinajstić information content (AvgIpc) is 3.52. The quantitative estimate of drug-likeness (QED) is 0.230. The lowest BCUT2D eigenvalue weighted by molar-refractivity contribution is -0.142. The van der Waals surface area contributed by atoms with E-state index >= 15 is 0 Å². The van der Waals surface area contributed by atoms with Crippen LogP contribution in [0.25, 0.3) is 16.2 Å². The Morgan fingerprint density at radius 1 is 1.22 bits per heavy atom. The summed E-state index contributed by atoms with van der Waals surface area (Å²) in [5.74, 6) is -1.44. The third-order valence-electron chi connectivity index (χ3n) is 5.85. The van der Waals surface area contributed by atoms with Gasteiger partial charge in [-0.1, -0.05) is 24.1 Å². The van der Waals surface area contributed by atoms with Crippen LogP contribution in [0.15, 0.2) is 23.6 Å². The van der Waals surface area contributed by atoms with E-state index in [0.29, 0.717) is 15.8 Å². The number of carbonyl (C=O) groups excluding carboxylic acids is 2. The molecule has 1 aliphatic carbocycles. The molecular formula is C23H18ClF3N4O3S2. The summed E-state index contributed by atoms with van der Waals surface area (Å²) in [7, 11) is 1.25. The minimum atomic E-state index is -4.78. The van der Waals surface area contributed by atoms with Crippen LogP contribution in [0.5, 0.6) is 0 Å². The van der Waals surface area contributed by atoms with Gasteiger partial charge in [0.1, 0.15) is 10.0 Å². The molecule has 0 unspecified atom stereocenters. The van der Waals surface area contributed by atoms with Gasteiger partial charge in [-0.15, -0.1) is 22.7 Å². The van der Waals surface area contributed by atoms with E-state index < -0.39 is 29.4 Å². The summed E-state index contributed by atoms with van der Waals surface area (Å²) in [6.07, 6.45) is -0.455. The number of halogens is 4. The van der Waals surface area contributed by atoms with Crippen molar-refractivity contribution in [2.75, 3.05) is 12.4 Å². The van der Waals surface area contributed by atoms with Crippen LogP contribution in [0.1, 0.15) is 56.2 Å². The highest BCUT2D eigenvalue weighted by Gasteiger charge is 2.37. The van der Waals surface area contributed by atoms with Crippen LogP contribution >= 0.6 is 34.3 Å². The van der Waals surface area contributed by atoms with Crippen molar-refractivity contribution in [2.45, 2.75) is 38.3 Å². The summed E-state index contributed by atoms with van der Waals surface area (Å²) in [5.41, 5.74) is -0.680. The largest absolute Gasteiger partial charge is 0.465 e. The van der Waals surface area contributed by atoms with Crippen molar-refractivity contribution in [1.82, 2.24) is 14.6 Å². The van der Waals surface area contributed by atoms with Crippen molar-refractivity contribution in [3.63, 3.8) is 0 Å². The number of amides is 1. The number of hydrogen-bond donors (Lipinski definition) is 1. The van der Waals surface area contributed by atoms with Gasteiger partial charge in [-0.25, -0.2) is 14.3 Å². The molecule has 1 aliphatic rings. The molecule has 0 atom stereocenters. The standard InChI is InChI=1S/C23H18ClF3N4O3S2/c1-34-22(33)16-11-6-3-2-4-7-13(11)36-21(16)29-20(32)18-17(24)19-28-12(14-8-5-9-35-14)10-15(23(25,26)27)31(19)30-18/h5,8-10H,2-4,6-7H2,1H3,(H,29,32). The highest BCUT2D eigenvalue weighted by Crippen LogP contribution is 2.39. The molecule has 0 spiro atoms. The number of thiophene rings is 2. The number of aromatic nitrogens is 3. The second-order valence-electron chi connectivity index (χ2n) is 8.11. The van der Waals surface area contributed by atoms with Crippen LogP contribution in [0.3, 0.4) is 0 Å². The fraction of sp³-hybridized carbons (Fsp3) is 0.304. The van der Waals surface area contributed by atoms with E-state index in [-0.39, 0.29) is 26.9 Å². The molecule has 0 aromatic carbocycles. The number of nitrogens with zero attached hydrogens (tertiary/aromatic N) is 3. The Kier molecular flexibility index (Phi) is 6.52. The van der Waals surface area contributed by atoms with E-state index in [1.807, 2.05) is 0 Å². The smallest absolute Gasteiger partial charge is 0.433 e. The Bertz CT molecular complexity index is 1480. The zero-order valence-corrected chi connectivity index (χ0v) is 21.1. The van der Waals surface area contributed by atoms with Crippen LogP contribution < -0.4 is 5.32 Å². The number of ether oxygens (including phenoxy) is 1. The first-order chi connectivity index (χ1) is 17.2. The van der Waals surface area contributed by atoms with Crippen LogP contribution in [0.2, 0.25) is 5.02 Å². The number of fused-ring (bicyclic) bond motifs is 2. The molecule has 36 heavy (non-hydrogen) atoms. The second kappa shape index (κ2) is 9.49. The first-order valence-electron chi connectivity index (χ1n) is 10.9. The number of esters is 1. The Morgan fingerprint density at radius 3 is 2.69 bits per heavy atom. The molecule has 0 radical (unpaired) electrons. The van der Waals surface area contributed by atoms with Gasteiger partial charge in [0.2, 0.25) is 0 Å². The number of carbonyl (C=O) groups is 2. The zero-order chi connectivity index (χ0) is 25.6. The summed E-state index contributed by atoms with van der Waals surface area (Å²) in [4.78, 5) is 31.5. The van der Waals surface area contributed by atoms with E-state index in [1.165, 1.54) is 29.8 Å². The SMILES string of the molecule is COC(=O)c1c(NC(=O)c2nn3c(C(F)(F)F)cc(-c4cccs4)nc3c2Cl)sc2c1CCCCC2. The average molecular weight is 555 g/mol. The van der Waals surface area contributed by atoms with Gasteiger partial charge in [0.25, 0.3) is 5.91 Å². The minimum absolute atomic E-state index is 0.0635. The van der Waals surface area contributed by atoms with E-state index in [9.17, 15) is 22.8 Å². The van der Waals surface area contributed by atoms with Crippen molar-refractivity contribution in [2.24, 2.45) is 0 Å². The van der Waals surface area contributed by atoms with Crippen LogP contribution in [0, 0.1) is 0 Å². The Labute approximate surface area is 215 Å². The van der Waals surface area contributed by atoms with Crippen molar-refractivity contribution < 1.29 is 27.5 Å². The van der Waals surface area contributed by atoms with Crippen LogP contribution in [-0.4, -0.2) is 33.6 Å². The maximum Gasteiger partial charge on any atom is 0.433 e. The molecule has 1 amide bonds. The number of nitrogens with one attached hydrogen (secondary N) is 1. The maximum absolute atomic E-state index is 13.9. The van der Waals surface area contributed by atoms with Crippen molar-refractivity contribution in [1.29, 1.82) is 0 Å². The van der Waals surface area contributed by atoms with E-state index in [4.69, 9.17) is 16.3 Å². The third kappa shape index (κ3) is 4.37. The maximum atomic E-state index is 13.9. The van der Waals surface area contributed by atoms with Crippen molar-refractivity contribution in [3.8, 4) is 10.6 Å². The van der Waals surface area contributed by atoms with Gasteiger partial charge in [-0.2, -0.15) is 18.3 Å².